The molecule has 0 saturated heterocycles. The lowest BCUT2D eigenvalue weighted by Crippen LogP contribution is -2.41. The van der Waals surface area contributed by atoms with Crippen LogP contribution in [0.3, 0.4) is 0 Å². The van der Waals surface area contributed by atoms with Gasteiger partial charge in [0.1, 0.15) is 6.10 Å². The molecule has 106 valence electrons. The SMILES string of the molecule is CC(=O)OC1CC(C)=CC2C(=C(C)C)CCC(C)C12. The molecule has 2 aliphatic carbocycles. The Kier molecular flexibility index (Phi) is 4.17. The first-order chi connectivity index (χ1) is 8.90. The lowest BCUT2D eigenvalue weighted by atomic mass is 9.63. The summed E-state index contributed by atoms with van der Waals surface area (Å²) >= 11 is 0. The fraction of sp³-hybridized carbons (Fsp3) is 0.706. The highest BCUT2D eigenvalue weighted by Crippen LogP contribution is 2.47. The highest BCUT2D eigenvalue weighted by molar-refractivity contribution is 5.66. The van der Waals surface area contributed by atoms with Crippen molar-refractivity contribution < 1.29 is 9.53 Å². The van der Waals surface area contributed by atoms with E-state index in [2.05, 4.69) is 33.8 Å². The summed E-state index contributed by atoms with van der Waals surface area (Å²) in [5.74, 6) is 1.43. The zero-order valence-corrected chi connectivity index (χ0v) is 12.8. The molecular weight excluding hydrogens is 236 g/mol. The number of carbonyl (C=O) groups excluding carboxylic acids is 1. The number of rotatable bonds is 1. The quantitative estimate of drug-likeness (QED) is 0.521. The third kappa shape index (κ3) is 2.93. The molecule has 1 saturated carbocycles. The van der Waals surface area contributed by atoms with E-state index in [1.165, 1.54) is 30.9 Å². The van der Waals surface area contributed by atoms with Gasteiger partial charge in [-0.1, -0.05) is 29.7 Å². The van der Waals surface area contributed by atoms with E-state index in [9.17, 15) is 4.79 Å². The van der Waals surface area contributed by atoms with Gasteiger partial charge in [-0.05, 0) is 39.5 Å². The van der Waals surface area contributed by atoms with Crippen LogP contribution in [-0.2, 0) is 9.53 Å². The Labute approximate surface area is 116 Å². The minimum absolute atomic E-state index is 0.0668. The molecule has 0 aromatic heterocycles. The molecular formula is C17H26O2. The van der Waals surface area contributed by atoms with E-state index in [0.717, 1.165) is 6.42 Å². The predicted octanol–water partition coefficient (Wildman–Crippen LogP) is 4.27. The van der Waals surface area contributed by atoms with Crippen LogP contribution < -0.4 is 0 Å². The summed E-state index contributed by atoms with van der Waals surface area (Å²) < 4.78 is 5.63. The molecule has 0 spiro atoms. The third-order valence-corrected chi connectivity index (χ3v) is 4.72. The van der Waals surface area contributed by atoms with E-state index in [1.807, 2.05) is 0 Å². The van der Waals surface area contributed by atoms with Crippen LogP contribution in [0.15, 0.2) is 22.8 Å². The highest BCUT2D eigenvalue weighted by atomic mass is 16.5. The number of ether oxygens (including phenoxy) is 1. The van der Waals surface area contributed by atoms with Gasteiger partial charge in [0.15, 0.2) is 0 Å². The molecule has 0 heterocycles. The molecule has 19 heavy (non-hydrogen) atoms. The van der Waals surface area contributed by atoms with Crippen LogP contribution in [0.5, 0.6) is 0 Å². The molecule has 0 N–H and O–H groups in total. The van der Waals surface area contributed by atoms with Crippen LogP contribution in [0.1, 0.15) is 53.9 Å². The number of carbonyl (C=O) groups is 1. The maximum absolute atomic E-state index is 11.4. The average Bonchev–Trinajstić information content (AvgIpc) is 2.26. The van der Waals surface area contributed by atoms with Gasteiger partial charge in [-0.25, -0.2) is 0 Å². The normalized spacial score (nSPS) is 34.4. The van der Waals surface area contributed by atoms with Crippen molar-refractivity contribution in [2.75, 3.05) is 0 Å². The predicted molar refractivity (Wildman–Crippen MR) is 77.7 cm³/mol. The topological polar surface area (TPSA) is 26.3 Å². The van der Waals surface area contributed by atoms with Crippen molar-refractivity contribution in [3.05, 3.63) is 22.8 Å². The molecule has 0 radical (unpaired) electrons. The summed E-state index contributed by atoms with van der Waals surface area (Å²) in [6.45, 7) is 10.4. The van der Waals surface area contributed by atoms with Crippen molar-refractivity contribution in [1.29, 1.82) is 0 Å². The second kappa shape index (κ2) is 5.52. The molecule has 4 unspecified atom stereocenters. The molecule has 2 rings (SSSR count). The van der Waals surface area contributed by atoms with Crippen molar-refractivity contribution in [1.82, 2.24) is 0 Å². The maximum atomic E-state index is 11.4. The molecule has 2 aliphatic rings. The van der Waals surface area contributed by atoms with E-state index in [4.69, 9.17) is 4.74 Å². The maximum Gasteiger partial charge on any atom is 0.302 e. The molecule has 0 aromatic rings. The van der Waals surface area contributed by atoms with Crippen LogP contribution in [-0.4, -0.2) is 12.1 Å². The zero-order chi connectivity index (χ0) is 14.2. The number of hydrogen-bond acceptors (Lipinski definition) is 2. The van der Waals surface area contributed by atoms with Crippen LogP contribution in [0.2, 0.25) is 0 Å². The third-order valence-electron chi connectivity index (χ3n) is 4.72. The van der Waals surface area contributed by atoms with E-state index in [-0.39, 0.29) is 12.1 Å². The minimum Gasteiger partial charge on any atom is -0.462 e. The second-order valence-electron chi connectivity index (χ2n) is 6.51. The van der Waals surface area contributed by atoms with Crippen molar-refractivity contribution in [2.24, 2.45) is 17.8 Å². The van der Waals surface area contributed by atoms with E-state index >= 15 is 0 Å². The monoisotopic (exact) mass is 262 g/mol. The van der Waals surface area contributed by atoms with E-state index in [1.54, 1.807) is 5.57 Å². The van der Waals surface area contributed by atoms with Gasteiger partial charge in [-0.3, -0.25) is 4.79 Å². The molecule has 1 fully saturated rings. The smallest absolute Gasteiger partial charge is 0.302 e. The molecule has 0 amide bonds. The van der Waals surface area contributed by atoms with Gasteiger partial charge in [-0.2, -0.15) is 0 Å². The van der Waals surface area contributed by atoms with E-state index < -0.39 is 0 Å². The van der Waals surface area contributed by atoms with Crippen LogP contribution >= 0.6 is 0 Å². The molecule has 4 atom stereocenters. The molecule has 0 aliphatic heterocycles. The first-order valence-electron chi connectivity index (χ1n) is 7.41. The summed E-state index contributed by atoms with van der Waals surface area (Å²) in [7, 11) is 0. The van der Waals surface area contributed by atoms with Crippen molar-refractivity contribution in [2.45, 2.75) is 60.0 Å². The van der Waals surface area contributed by atoms with Crippen molar-refractivity contribution in [3.63, 3.8) is 0 Å². The average molecular weight is 262 g/mol. The summed E-state index contributed by atoms with van der Waals surface area (Å²) in [5.41, 5.74) is 4.37. The minimum atomic E-state index is -0.144. The highest BCUT2D eigenvalue weighted by Gasteiger charge is 2.42. The summed E-state index contributed by atoms with van der Waals surface area (Å²) in [6, 6.07) is 0. The number of fused-ring (bicyclic) bond motifs is 1. The first-order valence-corrected chi connectivity index (χ1v) is 7.41. The Hall–Kier alpha value is -1.05. The van der Waals surface area contributed by atoms with Gasteiger partial charge in [0.05, 0.1) is 0 Å². The Morgan fingerprint density at radius 3 is 2.58 bits per heavy atom. The summed E-state index contributed by atoms with van der Waals surface area (Å²) in [6.07, 6.45) is 5.80. The fourth-order valence-electron chi connectivity index (χ4n) is 3.88. The Morgan fingerprint density at radius 1 is 1.32 bits per heavy atom. The van der Waals surface area contributed by atoms with Crippen LogP contribution in [0.25, 0.3) is 0 Å². The van der Waals surface area contributed by atoms with Crippen LogP contribution in [0.4, 0.5) is 0 Å². The van der Waals surface area contributed by atoms with Gasteiger partial charge in [0.2, 0.25) is 0 Å². The molecule has 2 nitrogen and oxygen atoms in total. The lowest BCUT2D eigenvalue weighted by molar-refractivity contribution is -0.151. The van der Waals surface area contributed by atoms with Crippen molar-refractivity contribution >= 4 is 5.97 Å². The van der Waals surface area contributed by atoms with Gasteiger partial charge < -0.3 is 4.74 Å². The lowest BCUT2D eigenvalue weighted by Gasteiger charge is -2.44. The first kappa shape index (κ1) is 14.4. The molecule has 0 bridgehead atoms. The molecule has 0 aromatic carbocycles. The summed E-state index contributed by atoms with van der Waals surface area (Å²) in [4.78, 5) is 11.4. The Balaban J connectivity index is 2.36. The van der Waals surface area contributed by atoms with Gasteiger partial charge in [-0.15, -0.1) is 0 Å². The Bertz CT molecular complexity index is 427. The summed E-state index contributed by atoms with van der Waals surface area (Å²) in [5, 5.41) is 0. The number of hydrogen-bond donors (Lipinski definition) is 0. The molecule has 2 heteroatoms. The number of esters is 1. The van der Waals surface area contributed by atoms with Gasteiger partial charge in [0.25, 0.3) is 0 Å². The van der Waals surface area contributed by atoms with Crippen LogP contribution in [0, 0.1) is 17.8 Å². The van der Waals surface area contributed by atoms with E-state index in [0.29, 0.717) is 17.8 Å². The largest absolute Gasteiger partial charge is 0.462 e. The Morgan fingerprint density at radius 2 is 2.00 bits per heavy atom. The fourth-order valence-corrected chi connectivity index (χ4v) is 3.88. The standard InChI is InChI=1S/C17H26O2/c1-10(2)14-7-6-12(4)17-15(14)8-11(3)9-16(17)19-13(5)18/h8,12,15-17H,6-7,9H2,1-5H3. The number of allylic oxidation sites excluding steroid dienone is 3. The van der Waals surface area contributed by atoms with Crippen molar-refractivity contribution in [3.8, 4) is 0 Å². The second-order valence-corrected chi connectivity index (χ2v) is 6.51. The van der Waals surface area contributed by atoms with Gasteiger partial charge >= 0.3 is 5.97 Å². The zero-order valence-electron chi connectivity index (χ0n) is 12.8. The van der Waals surface area contributed by atoms with Gasteiger partial charge in [0, 0.05) is 25.2 Å².